The Morgan fingerprint density at radius 2 is 2.36 bits per heavy atom. The van der Waals surface area contributed by atoms with Gasteiger partial charge in [0.05, 0.1) is 12.2 Å². The third kappa shape index (κ3) is 1.61. The largest absolute Gasteiger partial charge is 0.492 e. The fraction of sp³-hybridized carbons (Fsp3) is 0.182. The van der Waals surface area contributed by atoms with Crippen molar-refractivity contribution in [2.24, 2.45) is 0 Å². The predicted octanol–water partition coefficient (Wildman–Crippen LogP) is 2.33. The smallest absolute Gasteiger partial charge is 0.170 e. The summed E-state index contributed by atoms with van der Waals surface area (Å²) in [5, 5.41) is 2.47. The lowest BCUT2D eigenvalue weighted by Crippen LogP contribution is -2.14. The van der Waals surface area contributed by atoms with Crippen LogP contribution in [0.2, 0.25) is 0 Å². The summed E-state index contributed by atoms with van der Waals surface area (Å²) in [5.41, 5.74) is 0.650. The first-order valence-electron chi connectivity index (χ1n) is 4.24. The van der Waals surface area contributed by atoms with Gasteiger partial charge in [-0.15, -0.1) is 6.42 Å². The van der Waals surface area contributed by atoms with Gasteiger partial charge < -0.3 is 4.74 Å². The second kappa shape index (κ2) is 3.77. The molecule has 0 atom stereocenters. The number of hydrogen-bond donors (Lipinski definition) is 0. The molecule has 0 radical (unpaired) electrons. The molecule has 0 spiro atoms. The van der Waals surface area contributed by atoms with Gasteiger partial charge in [-0.25, -0.2) is 0 Å². The molecule has 0 unspecified atom stereocenters. The normalized spacial score (nSPS) is 14.1. The molecule has 0 N–H and O–H groups in total. The van der Waals surface area contributed by atoms with Crippen molar-refractivity contribution in [3.8, 4) is 17.4 Å². The second-order valence-corrected chi connectivity index (χ2v) is 3.81. The average molecular weight is 204 g/mol. The maximum absolute atomic E-state index is 11.5. The SMILES string of the molecule is C#CSc1ccc2c(c1)C(=O)CCO2. The number of thioether (sulfide) groups is 1. The molecule has 1 aliphatic heterocycles. The molecule has 0 bridgehead atoms. The van der Waals surface area contributed by atoms with E-state index < -0.39 is 0 Å². The topological polar surface area (TPSA) is 26.3 Å². The molecule has 1 aromatic carbocycles. The third-order valence-corrected chi connectivity index (χ3v) is 2.62. The Morgan fingerprint density at radius 1 is 1.50 bits per heavy atom. The van der Waals surface area contributed by atoms with E-state index in [4.69, 9.17) is 11.2 Å². The van der Waals surface area contributed by atoms with Gasteiger partial charge in [0.15, 0.2) is 5.78 Å². The molecule has 0 amide bonds. The highest BCUT2D eigenvalue weighted by molar-refractivity contribution is 8.03. The van der Waals surface area contributed by atoms with Crippen molar-refractivity contribution in [3.05, 3.63) is 23.8 Å². The Labute approximate surface area is 86.6 Å². The van der Waals surface area contributed by atoms with E-state index in [1.54, 1.807) is 12.1 Å². The van der Waals surface area contributed by atoms with Gasteiger partial charge in [-0.1, -0.05) is 0 Å². The average Bonchev–Trinajstić information content (AvgIpc) is 2.20. The van der Waals surface area contributed by atoms with Gasteiger partial charge in [-0.05, 0) is 35.2 Å². The lowest BCUT2D eigenvalue weighted by Gasteiger charge is -2.16. The van der Waals surface area contributed by atoms with E-state index in [2.05, 4.69) is 5.25 Å². The van der Waals surface area contributed by atoms with Gasteiger partial charge in [-0.3, -0.25) is 4.79 Å². The molecule has 1 aliphatic rings. The summed E-state index contributed by atoms with van der Waals surface area (Å²) in [6.07, 6.45) is 5.62. The minimum atomic E-state index is 0.130. The Kier molecular flexibility index (Phi) is 2.47. The Balaban J connectivity index is 2.42. The Hall–Kier alpha value is -1.40. The number of carbonyl (C=O) groups excluding carboxylic acids is 1. The summed E-state index contributed by atoms with van der Waals surface area (Å²) in [6.45, 7) is 0.480. The maximum Gasteiger partial charge on any atom is 0.170 e. The number of ether oxygens (including phenoxy) is 1. The second-order valence-electron chi connectivity index (χ2n) is 2.90. The molecule has 1 aromatic rings. The van der Waals surface area contributed by atoms with E-state index in [-0.39, 0.29) is 5.78 Å². The lowest BCUT2D eigenvalue weighted by atomic mass is 10.1. The Bertz CT molecular complexity index is 418. The zero-order valence-corrected chi connectivity index (χ0v) is 8.26. The molecule has 14 heavy (non-hydrogen) atoms. The first kappa shape index (κ1) is 9.17. The molecule has 1 heterocycles. The number of carbonyl (C=O) groups is 1. The predicted molar refractivity (Wildman–Crippen MR) is 55.6 cm³/mol. The van der Waals surface area contributed by atoms with E-state index >= 15 is 0 Å². The zero-order valence-electron chi connectivity index (χ0n) is 7.45. The van der Waals surface area contributed by atoms with Crippen LogP contribution in [0.1, 0.15) is 16.8 Å². The van der Waals surface area contributed by atoms with Gasteiger partial charge in [-0.2, -0.15) is 0 Å². The highest BCUT2D eigenvalue weighted by Crippen LogP contribution is 2.29. The number of terminal acetylenes is 1. The molecular weight excluding hydrogens is 196 g/mol. The summed E-state index contributed by atoms with van der Waals surface area (Å²) in [7, 11) is 0. The number of benzene rings is 1. The van der Waals surface area contributed by atoms with Crippen molar-refractivity contribution in [2.75, 3.05) is 6.61 Å². The van der Waals surface area contributed by atoms with Crippen molar-refractivity contribution in [1.29, 1.82) is 0 Å². The van der Waals surface area contributed by atoms with E-state index in [0.29, 0.717) is 24.3 Å². The number of hydrogen-bond acceptors (Lipinski definition) is 3. The highest BCUT2D eigenvalue weighted by atomic mass is 32.2. The van der Waals surface area contributed by atoms with Crippen LogP contribution in [-0.4, -0.2) is 12.4 Å². The van der Waals surface area contributed by atoms with E-state index in [0.717, 1.165) is 4.90 Å². The molecule has 0 saturated heterocycles. The minimum Gasteiger partial charge on any atom is -0.492 e. The molecule has 0 saturated carbocycles. The van der Waals surface area contributed by atoms with Crippen LogP contribution in [0.25, 0.3) is 0 Å². The summed E-state index contributed by atoms with van der Waals surface area (Å²) < 4.78 is 5.35. The molecule has 0 aliphatic carbocycles. The monoisotopic (exact) mass is 204 g/mol. The van der Waals surface area contributed by atoms with Gasteiger partial charge >= 0.3 is 0 Å². The number of rotatable bonds is 1. The van der Waals surface area contributed by atoms with Crippen LogP contribution in [-0.2, 0) is 0 Å². The number of Topliss-reactive ketones (excluding diaryl/α,β-unsaturated/α-hetero) is 1. The van der Waals surface area contributed by atoms with Crippen molar-refractivity contribution in [1.82, 2.24) is 0 Å². The molecule has 0 aromatic heterocycles. The fourth-order valence-electron chi connectivity index (χ4n) is 1.37. The van der Waals surface area contributed by atoms with Crippen LogP contribution in [0.5, 0.6) is 5.75 Å². The molecule has 2 nitrogen and oxygen atoms in total. The first-order valence-corrected chi connectivity index (χ1v) is 5.05. The van der Waals surface area contributed by atoms with Crippen molar-refractivity contribution >= 4 is 17.5 Å². The minimum absolute atomic E-state index is 0.130. The van der Waals surface area contributed by atoms with E-state index in [1.165, 1.54) is 11.8 Å². The number of ketones is 1. The van der Waals surface area contributed by atoms with E-state index in [1.807, 2.05) is 6.07 Å². The molecule has 70 valence electrons. The van der Waals surface area contributed by atoms with Crippen LogP contribution >= 0.6 is 11.8 Å². The zero-order chi connectivity index (χ0) is 9.97. The molecule has 0 fully saturated rings. The number of fused-ring (bicyclic) bond motifs is 1. The quantitative estimate of drug-likeness (QED) is 0.519. The lowest BCUT2D eigenvalue weighted by molar-refractivity contribution is 0.0933. The summed E-state index contributed by atoms with van der Waals surface area (Å²) in [6, 6.07) is 5.45. The maximum atomic E-state index is 11.5. The van der Waals surface area contributed by atoms with Crippen LogP contribution in [0, 0.1) is 11.7 Å². The van der Waals surface area contributed by atoms with Gasteiger partial charge in [0, 0.05) is 11.3 Å². The summed E-state index contributed by atoms with van der Waals surface area (Å²) in [5.74, 6) is 0.799. The van der Waals surface area contributed by atoms with Crippen LogP contribution in [0.15, 0.2) is 23.1 Å². The van der Waals surface area contributed by atoms with Crippen LogP contribution in [0.3, 0.4) is 0 Å². The third-order valence-electron chi connectivity index (χ3n) is 2.01. The van der Waals surface area contributed by atoms with Crippen LogP contribution in [0.4, 0.5) is 0 Å². The van der Waals surface area contributed by atoms with Gasteiger partial charge in [0.25, 0.3) is 0 Å². The van der Waals surface area contributed by atoms with Crippen molar-refractivity contribution in [2.45, 2.75) is 11.3 Å². The van der Waals surface area contributed by atoms with Crippen molar-refractivity contribution < 1.29 is 9.53 Å². The van der Waals surface area contributed by atoms with Gasteiger partial charge in [0.2, 0.25) is 0 Å². The van der Waals surface area contributed by atoms with Crippen molar-refractivity contribution in [3.63, 3.8) is 0 Å². The standard InChI is InChI=1S/C11H8O2S/c1-2-14-8-3-4-11-9(7-8)10(12)5-6-13-11/h1,3-4,7H,5-6H2. The first-order chi connectivity index (χ1) is 6.81. The highest BCUT2D eigenvalue weighted by Gasteiger charge is 2.18. The molecule has 2 rings (SSSR count). The molecular formula is C11H8O2S. The van der Waals surface area contributed by atoms with Crippen LogP contribution < -0.4 is 4.74 Å². The summed E-state index contributed by atoms with van der Waals surface area (Å²) in [4.78, 5) is 12.4. The van der Waals surface area contributed by atoms with Gasteiger partial charge in [0.1, 0.15) is 5.75 Å². The Morgan fingerprint density at radius 3 is 3.14 bits per heavy atom. The molecule has 3 heteroatoms. The fourth-order valence-corrected chi connectivity index (χ4v) is 1.82. The summed E-state index contributed by atoms with van der Waals surface area (Å²) >= 11 is 1.27. The van der Waals surface area contributed by atoms with E-state index in [9.17, 15) is 4.79 Å².